The van der Waals surface area contributed by atoms with Crippen LogP contribution in [0.3, 0.4) is 0 Å². The Morgan fingerprint density at radius 3 is 1.88 bits per heavy atom. The minimum absolute atomic E-state index is 0.279. The number of rotatable bonds is 6. The molecule has 0 saturated heterocycles. The minimum atomic E-state index is -1.02. The van der Waals surface area contributed by atoms with E-state index in [1.165, 1.54) is 4.90 Å². The fourth-order valence-electron chi connectivity index (χ4n) is 1.98. The Balaban J connectivity index is 0.000000487. The molecule has 2 rings (SSSR count). The molecule has 7 heteroatoms. The molecule has 0 aliphatic rings. The number of carbonyl (C=O) groups excluding carboxylic acids is 1. The van der Waals surface area contributed by atoms with Gasteiger partial charge in [0, 0.05) is 23.7 Å². The van der Waals surface area contributed by atoms with Crippen molar-refractivity contribution in [1.82, 2.24) is 4.90 Å². The van der Waals surface area contributed by atoms with Gasteiger partial charge in [0.15, 0.2) is 0 Å². The van der Waals surface area contributed by atoms with E-state index >= 15 is 0 Å². The molecule has 26 heavy (non-hydrogen) atoms. The predicted octanol–water partition coefficient (Wildman–Crippen LogP) is 3.24. The van der Waals surface area contributed by atoms with Gasteiger partial charge in [0.25, 0.3) is 5.91 Å². The molecule has 0 spiro atoms. The third-order valence-corrected chi connectivity index (χ3v) is 3.18. The molecule has 0 atom stereocenters. The van der Waals surface area contributed by atoms with Gasteiger partial charge in [-0.3, -0.25) is 9.59 Å². The van der Waals surface area contributed by atoms with Crippen molar-refractivity contribution in [3.8, 4) is 0 Å². The fourth-order valence-corrected chi connectivity index (χ4v) is 2.09. The zero-order valence-electron chi connectivity index (χ0n) is 13.8. The van der Waals surface area contributed by atoms with E-state index in [9.17, 15) is 14.4 Å². The molecular weight excluding hydrogens is 358 g/mol. The average molecular weight is 376 g/mol. The first-order valence-corrected chi connectivity index (χ1v) is 7.97. The Morgan fingerprint density at radius 2 is 1.46 bits per heavy atom. The Morgan fingerprint density at radius 1 is 0.923 bits per heavy atom. The highest BCUT2D eigenvalue weighted by atomic mass is 35.5. The number of halogens is 1. The van der Waals surface area contributed by atoms with E-state index in [4.69, 9.17) is 21.8 Å². The minimum Gasteiger partial charge on any atom is -0.480 e. The number of hydrogen-bond donors (Lipinski definition) is 2. The van der Waals surface area contributed by atoms with Crippen LogP contribution in [-0.4, -0.2) is 39.5 Å². The Bertz CT molecular complexity index is 747. The first-order chi connectivity index (χ1) is 12.4. The molecule has 0 aromatic heterocycles. The van der Waals surface area contributed by atoms with Crippen molar-refractivity contribution >= 4 is 29.4 Å². The Labute approximate surface area is 155 Å². The topological polar surface area (TPSA) is 94.9 Å². The van der Waals surface area contributed by atoms with Gasteiger partial charge in [-0.15, -0.1) is 0 Å². The third-order valence-electron chi connectivity index (χ3n) is 3.06. The smallest absolute Gasteiger partial charge is 0.329 e. The average Bonchev–Trinajstić information content (AvgIpc) is 2.62. The molecule has 2 aromatic rings. The van der Waals surface area contributed by atoms with Crippen LogP contribution in [0.4, 0.5) is 0 Å². The van der Waals surface area contributed by atoms with E-state index in [1.54, 1.807) is 24.3 Å². The highest BCUT2D eigenvalue weighted by molar-refractivity contribution is 6.26. The molecule has 0 heterocycles. The van der Waals surface area contributed by atoms with Gasteiger partial charge in [-0.1, -0.05) is 60.1 Å². The zero-order valence-corrected chi connectivity index (χ0v) is 14.5. The van der Waals surface area contributed by atoms with Crippen molar-refractivity contribution in [1.29, 1.82) is 0 Å². The van der Waals surface area contributed by atoms with Crippen molar-refractivity contribution in [3.05, 3.63) is 83.4 Å². The second-order valence-electron chi connectivity index (χ2n) is 5.04. The van der Waals surface area contributed by atoms with Gasteiger partial charge in [-0.2, -0.15) is 0 Å². The lowest BCUT2D eigenvalue weighted by Crippen LogP contribution is -2.35. The number of carbonyl (C=O) groups is 3. The molecule has 1 amide bonds. The van der Waals surface area contributed by atoms with E-state index in [0.717, 1.165) is 17.2 Å². The molecule has 0 fully saturated rings. The maximum absolute atomic E-state index is 12.3. The molecule has 136 valence electrons. The summed E-state index contributed by atoms with van der Waals surface area (Å²) in [6.45, 7) is -0.0382. The van der Waals surface area contributed by atoms with Crippen LogP contribution in [0.2, 0.25) is 0 Å². The molecule has 6 nitrogen and oxygen atoms in total. The van der Waals surface area contributed by atoms with Crippen molar-refractivity contribution in [2.45, 2.75) is 6.54 Å². The SMILES string of the molecule is O=C(O)/C=C\Cl.O=C(O)CN(Cc1ccccc1)C(=O)c1ccccc1. The number of hydrogen-bond acceptors (Lipinski definition) is 3. The predicted molar refractivity (Wildman–Crippen MR) is 97.9 cm³/mol. The van der Waals surface area contributed by atoms with Crippen LogP contribution < -0.4 is 0 Å². The highest BCUT2D eigenvalue weighted by Crippen LogP contribution is 2.10. The third kappa shape index (κ3) is 8.12. The van der Waals surface area contributed by atoms with E-state index < -0.39 is 11.9 Å². The van der Waals surface area contributed by atoms with E-state index in [1.807, 2.05) is 36.4 Å². The summed E-state index contributed by atoms with van der Waals surface area (Å²) in [6, 6.07) is 18.0. The largest absolute Gasteiger partial charge is 0.480 e. The van der Waals surface area contributed by atoms with Crippen molar-refractivity contribution < 1.29 is 24.6 Å². The summed E-state index contributed by atoms with van der Waals surface area (Å²) in [7, 11) is 0. The molecule has 0 bridgehead atoms. The van der Waals surface area contributed by atoms with Gasteiger partial charge in [0.2, 0.25) is 0 Å². The lowest BCUT2D eigenvalue weighted by atomic mass is 10.1. The summed E-state index contributed by atoms with van der Waals surface area (Å²) in [5.74, 6) is -2.33. The van der Waals surface area contributed by atoms with Gasteiger partial charge in [-0.05, 0) is 17.7 Å². The number of carboxylic acid groups (broad SMARTS) is 2. The molecule has 0 radical (unpaired) electrons. The molecule has 0 aliphatic heterocycles. The Kier molecular flexibility index (Phi) is 9.20. The van der Waals surface area contributed by atoms with Gasteiger partial charge in [0.1, 0.15) is 6.54 Å². The van der Waals surface area contributed by atoms with Gasteiger partial charge < -0.3 is 15.1 Å². The normalized spacial score (nSPS) is 9.88. The first-order valence-electron chi connectivity index (χ1n) is 7.53. The van der Waals surface area contributed by atoms with Crippen molar-refractivity contribution in [2.75, 3.05) is 6.54 Å². The van der Waals surface area contributed by atoms with Crippen LogP contribution in [0.15, 0.2) is 72.3 Å². The van der Waals surface area contributed by atoms with Gasteiger partial charge >= 0.3 is 11.9 Å². The number of carboxylic acids is 2. The second-order valence-corrected chi connectivity index (χ2v) is 5.29. The number of benzene rings is 2. The van der Waals surface area contributed by atoms with Crippen LogP contribution in [0.25, 0.3) is 0 Å². The lowest BCUT2D eigenvalue weighted by molar-refractivity contribution is -0.138. The summed E-state index contributed by atoms with van der Waals surface area (Å²) in [5, 5.41) is 16.7. The van der Waals surface area contributed by atoms with E-state index in [0.29, 0.717) is 5.56 Å². The maximum atomic E-state index is 12.3. The molecule has 0 aliphatic carbocycles. The molecular formula is C19H18ClNO5. The summed E-state index contributed by atoms with van der Waals surface area (Å²) in [4.78, 5) is 34.0. The quantitative estimate of drug-likeness (QED) is 0.756. The molecule has 2 N–H and O–H groups in total. The standard InChI is InChI=1S/C16H15NO3.C3H3ClO2/c18-15(19)12-17(11-13-7-3-1-4-8-13)16(20)14-9-5-2-6-10-14;4-2-1-3(5)6/h1-10H,11-12H2,(H,18,19);1-2H,(H,5,6)/b;2-1-. The highest BCUT2D eigenvalue weighted by Gasteiger charge is 2.18. The van der Waals surface area contributed by atoms with Gasteiger partial charge in [-0.25, -0.2) is 4.79 Å². The molecule has 0 unspecified atom stereocenters. The summed E-state index contributed by atoms with van der Waals surface area (Å²) >= 11 is 4.84. The second kappa shape index (κ2) is 11.4. The monoisotopic (exact) mass is 375 g/mol. The Hall–Kier alpha value is -3.12. The lowest BCUT2D eigenvalue weighted by Gasteiger charge is -2.21. The number of nitrogens with zero attached hydrogens (tertiary/aromatic N) is 1. The van der Waals surface area contributed by atoms with Crippen LogP contribution in [0.5, 0.6) is 0 Å². The maximum Gasteiger partial charge on any atom is 0.329 e. The van der Waals surface area contributed by atoms with Crippen LogP contribution in [0, 0.1) is 0 Å². The van der Waals surface area contributed by atoms with Gasteiger partial charge in [0.05, 0.1) is 0 Å². The molecule has 2 aromatic carbocycles. The van der Waals surface area contributed by atoms with Crippen LogP contribution in [0.1, 0.15) is 15.9 Å². The summed E-state index contributed by atoms with van der Waals surface area (Å²) < 4.78 is 0. The van der Waals surface area contributed by atoms with E-state index in [-0.39, 0.29) is 19.0 Å². The zero-order chi connectivity index (χ0) is 19.4. The fraction of sp³-hybridized carbons (Fsp3) is 0.105. The van der Waals surface area contributed by atoms with Crippen molar-refractivity contribution in [2.24, 2.45) is 0 Å². The van der Waals surface area contributed by atoms with Crippen LogP contribution >= 0.6 is 11.6 Å². The summed E-state index contributed by atoms with van der Waals surface area (Å²) in [5.41, 5.74) is 2.34. The van der Waals surface area contributed by atoms with Crippen molar-refractivity contribution in [3.63, 3.8) is 0 Å². The van der Waals surface area contributed by atoms with E-state index in [2.05, 4.69) is 0 Å². The summed E-state index contributed by atoms with van der Waals surface area (Å²) in [6.07, 6.45) is 0.849. The first kappa shape index (κ1) is 20.9. The van der Waals surface area contributed by atoms with Crippen LogP contribution in [-0.2, 0) is 16.1 Å². The number of amides is 1. The number of aliphatic carboxylic acids is 2. The molecule has 0 saturated carbocycles.